The fourth-order valence-corrected chi connectivity index (χ4v) is 3.36. The van der Waals surface area contributed by atoms with Gasteiger partial charge < -0.3 is 10.6 Å². The summed E-state index contributed by atoms with van der Waals surface area (Å²) in [5.74, 6) is 0.744. The van der Waals surface area contributed by atoms with Crippen molar-refractivity contribution in [3.63, 3.8) is 0 Å². The van der Waals surface area contributed by atoms with Crippen LogP contribution >= 0.6 is 0 Å². The van der Waals surface area contributed by atoms with Crippen molar-refractivity contribution in [3.05, 3.63) is 65.2 Å². The van der Waals surface area contributed by atoms with Crippen LogP contribution in [0.2, 0.25) is 0 Å². The molecule has 0 saturated carbocycles. The summed E-state index contributed by atoms with van der Waals surface area (Å²) in [6.45, 7) is 4.94. The summed E-state index contributed by atoms with van der Waals surface area (Å²) < 4.78 is 0. The van der Waals surface area contributed by atoms with E-state index in [0.29, 0.717) is 12.3 Å². The van der Waals surface area contributed by atoms with Crippen molar-refractivity contribution in [2.75, 3.05) is 11.9 Å². The van der Waals surface area contributed by atoms with Crippen molar-refractivity contribution in [2.24, 2.45) is 5.92 Å². The number of fused-ring (bicyclic) bond motifs is 1. The van der Waals surface area contributed by atoms with Crippen LogP contribution in [-0.2, 0) is 24.1 Å². The standard InChI is InChI=1S/C21H26N2O/c1-15(2)23-21(24)13-16-7-9-20(10-8-16)22-14-17-11-18-5-3-4-6-19(18)12-17/h3-10,15,17,22H,11-14H2,1-2H3,(H,23,24). The Bertz CT molecular complexity index is 666. The SMILES string of the molecule is CC(C)NC(=O)Cc1ccc(NCC2Cc3ccccc3C2)cc1. The number of hydrogen-bond acceptors (Lipinski definition) is 2. The molecule has 2 aromatic carbocycles. The summed E-state index contributed by atoms with van der Waals surface area (Å²) in [4.78, 5) is 11.8. The zero-order valence-electron chi connectivity index (χ0n) is 14.5. The molecule has 1 aliphatic rings. The number of carbonyl (C=O) groups is 1. The van der Waals surface area contributed by atoms with Crippen molar-refractivity contribution >= 4 is 11.6 Å². The monoisotopic (exact) mass is 322 g/mol. The van der Waals surface area contributed by atoms with Gasteiger partial charge in [0.2, 0.25) is 5.91 Å². The highest BCUT2D eigenvalue weighted by Gasteiger charge is 2.20. The molecule has 24 heavy (non-hydrogen) atoms. The number of benzene rings is 2. The van der Waals surface area contributed by atoms with Gasteiger partial charge in [-0.05, 0) is 61.4 Å². The molecular formula is C21H26N2O. The number of rotatable bonds is 6. The Hall–Kier alpha value is -2.29. The zero-order chi connectivity index (χ0) is 16.9. The summed E-state index contributed by atoms with van der Waals surface area (Å²) in [6.07, 6.45) is 2.77. The Morgan fingerprint density at radius 1 is 1.04 bits per heavy atom. The quantitative estimate of drug-likeness (QED) is 0.853. The van der Waals surface area contributed by atoms with Gasteiger partial charge in [-0.2, -0.15) is 0 Å². The van der Waals surface area contributed by atoms with Crippen LogP contribution in [0.25, 0.3) is 0 Å². The molecule has 3 heteroatoms. The molecule has 0 bridgehead atoms. The highest BCUT2D eigenvalue weighted by atomic mass is 16.1. The van der Waals surface area contributed by atoms with E-state index in [4.69, 9.17) is 0 Å². The molecule has 1 aliphatic carbocycles. The predicted molar refractivity (Wildman–Crippen MR) is 99.3 cm³/mol. The maximum absolute atomic E-state index is 11.8. The smallest absolute Gasteiger partial charge is 0.224 e. The minimum Gasteiger partial charge on any atom is -0.385 e. The molecular weight excluding hydrogens is 296 g/mol. The minimum absolute atomic E-state index is 0.0782. The van der Waals surface area contributed by atoms with E-state index in [-0.39, 0.29) is 11.9 Å². The lowest BCUT2D eigenvalue weighted by molar-refractivity contribution is -0.120. The molecule has 0 saturated heterocycles. The van der Waals surface area contributed by atoms with Gasteiger partial charge in [0.25, 0.3) is 0 Å². The zero-order valence-corrected chi connectivity index (χ0v) is 14.5. The summed E-state index contributed by atoms with van der Waals surface area (Å²) in [5.41, 5.74) is 5.16. The molecule has 0 fully saturated rings. The van der Waals surface area contributed by atoms with E-state index in [1.807, 2.05) is 26.0 Å². The number of nitrogens with one attached hydrogen (secondary N) is 2. The van der Waals surface area contributed by atoms with Crippen LogP contribution in [0.15, 0.2) is 48.5 Å². The van der Waals surface area contributed by atoms with Gasteiger partial charge in [0.1, 0.15) is 0 Å². The minimum atomic E-state index is 0.0782. The summed E-state index contributed by atoms with van der Waals surface area (Å²) in [7, 11) is 0. The van der Waals surface area contributed by atoms with Crippen molar-refractivity contribution < 1.29 is 4.79 Å². The lowest BCUT2D eigenvalue weighted by atomic mass is 10.1. The number of carbonyl (C=O) groups excluding carboxylic acids is 1. The largest absolute Gasteiger partial charge is 0.385 e. The number of amides is 1. The molecule has 1 amide bonds. The molecule has 0 aromatic heterocycles. The molecule has 0 aliphatic heterocycles. The molecule has 2 aromatic rings. The normalized spacial score (nSPS) is 13.8. The first-order chi connectivity index (χ1) is 11.6. The van der Waals surface area contributed by atoms with E-state index < -0.39 is 0 Å². The second kappa shape index (κ2) is 7.52. The van der Waals surface area contributed by atoms with Crippen molar-refractivity contribution in [1.82, 2.24) is 5.32 Å². The van der Waals surface area contributed by atoms with Crippen LogP contribution in [-0.4, -0.2) is 18.5 Å². The van der Waals surface area contributed by atoms with Crippen molar-refractivity contribution in [1.29, 1.82) is 0 Å². The Balaban J connectivity index is 1.48. The van der Waals surface area contributed by atoms with E-state index in [2.05, 4.69) is 47.0 Å². The average molecular weight is 322 g/mol. The molecule has 0 radical (unpaired) electrons. The number of hydrogen-bond donors (Lipinski definition) is 2. The van der Waals surface area contributed by atoms with Crippen molar-refractivity contribution in [2.45, 2.75) is 39.2 Å². The first kappa shape index (κ1) is 16.6. The van der Waals surface area contributed by atoms with Crippen LogP contribution in [0, 0.1) is 5.92 Å². The van der Waals surface area contributed by atoms with Crippen molar-refractivity contribution in [3.8, 4) is 0 Å². The third-order valence-corrected chi connectivity index (χ3v) is 4.50. The van der Waals surface area contributed by atoms with Crippen LogP contribution in [0.3, 0.4) is 0 Å². The second-order valence-corrected chi connectivity index (χ2v) is 7.02. The van der Waals surface area contributed by atoms with E-state index >= 15 is 0 Å². The topological polar surface area (TPSA) is 41.1 Å². The van der Waals surface area contributed by atoms with Gasteiger partial charge in [0.05, 0.1) is 6.42 Å². The maximum Gasteiger partial charge on any atom is 0.224 e. The Kier molecular flexibility index (Phi) is 5.19. The van der Waals surface area contributed by atoms with Crippen LogP contribution in [0.5, 0.6) is 0 Å². The predicted octanol–water partition coefficient (Wildman–Crippen LogP) is 3.58. The van der Waals surface area contributed by atoms with E-state index in [0.717, 1.165) is 30.6 Å². The highest BCUT2D eigenvalue weighted by Crippen LogP contribution is 2.26. The summed E-state index contributed by atoms with van der Waals surface area (Å²) in [6, 6.07) is 17.1. The molecule has 0 spiro atoms. The fraction of sp³-hybridized carbons (Fsp3) is 0.381. The van der Waals surface area contributed by atoms with E-state index in [9.17, 15) is 4.79 Å². The first-order valence-electron chi connectivity index (χ1n) is 8.79. The van der Waals surface area contributed by atoms with Crippen LogP contribution in [0.1, 0.15) is 30.5 Å². The van der Waals surface area contributed by atoms with Gasteiger partial charge in [-0.15, -0.1) is 0 Å². The van der Waals surface area contributed by atoms with Gasteiger partial charge in [-0.3, -0.25) is 4.79 Å². The molecule has 126 valence electrons. The number of anilines is 1. The van der Waals surface area contributed by atoms with Gasteiger partial charge in [-0.25, -0.2) is 0 Å². The van der Waals surface area contributed by atoms with Crippen LogP contribution in [0.4, 0.5) is 5.69 Å². The molecule has 0 heterocycles. The van der Waals surface area contributed by atoms with Gasteiger partial charge in [0, 0.05) is 18.3 Å². The van der Waals surface area contributed by atoms with E-state index in [1.54, 1.807) is 0 Å². The van der Waals surface area contributed by atoms with Gasteiger partial charge in [0.15, 0.2) is 0 Å². The van der Waals surface area contributed by atoms with Crippen LogP contribution < -0.4 is 10.6 Å². The Labute approximate surface area is 144 Å². The Morgan fingerprint density at radius 3 is 2.25 bits per heavy atom. The maximum atomic E-state index is 11.8. The Morgan fingerprint density at radius 2 is 1.67 bits per heavy atom. The average Bonchev–Trinajstić information content (AvgIpc) is 2.96. The first-order valence-corrected chi connectivity index (χ1v) is 8.79. The molecule has 3 nitrogen and oxygen atoms in total. The van der Waals surface area contributed by atoms with Gasteiger partial charge >= 0.3 is 0 Å². The highest BCUT2D eigenvalue weighted by molar-refractivity contribution is 5.78. The molecule has 0 atom stereocenters. The molecule has 2 N–H and O–H groups in total. The third kappa shape index (κ3) is 4.38. The fourth-order valence-electron chi connectivity index (χ4n) is 3.36. The van der Waals surface area contributed by atoms with Gasteiger partial charge in [-0.1, -0.05) is 36.4 Å². The lowest BCUT2D eigenvalue weighted by Gasteiger charge is -2.13. The lowest BCUT2D eigenvalue weighted by Crippen LogP contribution is -2.31. The molecule has 0 unspecified atom stereocenters. The van der Waals surface area contributed by atoms with E-state index in [1.165, 1.54) is 11.1 Å². The molecule has 3 rings (SSSR count). The second-order valence-electron chi connectivity index (χ2n) is 7.02. The summed E-state index contributed by atoms with van der Waals surface area (Å²) in [5, 5.41) is 6.46. The summed E-state index contributed by atoms with van der Waals surface area (Å²) >= 11 is 0. The third-order valence-electron chi connectivity index (χ3n) is 4.50.